The molecule has 1 aliphatic carbocycles. The molecule has 2 N–H and O–H groups in total. The van der Waals surface area contributed by atoms with Gasteiger partial charge in [0.25, 0.3) is 0 Å². The van der Waals surface area contributed by atoms with Gasteiger partial charge in [-0.1, -0.05) is 25.7 Å². The minimum Gasteiger partial charge on any atom is -0.381 e. The molecule has 1 saturated heterocycles. The lowest BCUT2D eigenvalue weighted by Gasteiger charge is -2.37. The summed E-state index contributed by atoms with van der Waals surface area (Å²) < 4.78 is 11.7. The summed E-state index contributed by atoms with van der Waals surface area (Å²) in [5, 5.41) is 0. The van der Waals surface area contributed by atoms with Gasteiger partial charge in [0.2, 0.25) is 0 Å². The number of hydrogen-bond donors (Lipinski definition) is 1. The van der Waals surface area contributed by atoms with Crippen LogP contribution in [0.3, 0.4) is 0 Å². The summed E-state index contributed by atoms with van der Waals surface area (Å²) in [6.07, 6.45) is 10.0. The lowest BCUT2D eigenvalue weighted by Crippen LogP contribution is -2.44. The second kappa shape index (κ2) is 5.99. The summed E-state index contributed by atoms with van der Waals surface area (Å²) in [6, 6.07) is 0. The first-order valence-corrected chi connectivity index (χ1v) is 6.80. The van der Waals surface area contributed by atoms with E-state index < -0.39 is 0 Å². The van der Waals surface area contributed by atoms with Crippen LogP contribution in [0.2, 0.25) is 0 Å². The van der Waals surface area contributed by atoms with Gasteiger partial charge in [-0.25, -0.2) is 0 Å². The van der Waals surface area contributed by atoms with Crippen molar-refractivity contribution in [2.24, 2.45) is 5.73 Å². The maximum Gasteiger partial charge on any atom is 0.0807 e. The van der Waals surface area contributed by atoms with Gasteiger partial charge in [0.05, 0.1) is 11.7 Å². The molecule has 0 unspecified atom stereocenters. The molecule has 1 heterocycles. The Morgan fingerprint density at radius 2 is 1.69 bits per heavy atom. The topological polar surface area (TPSA) is 44.5 Å². The molecule has 0 aromatic rings. The van der Waals surface area contributed by atoms with Crippen molar-refractivity contribution < 1.29 is 9.47 Å². The molecule has 16 heavy (non-hydrogen) atoms. The first-order chi connectivity index (χ1) is 7.85. The second-order valence-electron chi connectivity index (χ2n) is 5.23. The molecule has 2 rings (SSSR count). The van der Waals surface area contributed by atoms with Gasteiger partial charge in [0, 0.05) is 19.8 Å². The summed E-state index contributed by atoms with van der Waals surface area (Å²) in [6.45, 7) is 2.39. The average molecular weight is 227 g/mol. The van der Waals surface area contributed by atoms with E-state index in [0.29, 0.717) is 12.6 Å². The van der Waals surface area contributed by atoms with E-state index in [0.717, 1.165) is 38.9 Å². The van der Waals surface area contributed by atoms with Crippen LogP contribution in [-0.2, 0) is 9.47 Å². The highest BCUT2D eigenvalue weighted by Crippen LogP contribution is 2.32. The molecule has 2 aliphatic rings. The van der Waals surface area contributed by atoms with Gasteiger partial charge >= 0.3 is 0 Å². The van der Waals surface area contributed by atoms with Gasteiger partial charge in [0.1, 0.15) is 0 Å². The molecule has 0 aromatic carbocycles. The fraction of sp³-hybridized carbons (Fsp3) is 1.00. The quantitative estimate of drug-likeness (QED) is 0.752. The predicted octanol–water partition coefficient (Wildman–Crippen LogP) is 2.23. The Morgan fingerprint density at radius 3 is 2.25 bits per heavy atom. The van der Waals surface area contributed by atoms with Crippen LogP contribution in [0.5, 0.6) is 0 Å². The zero-order valence-corrected chi connectivity index (χ0v) is 10.2. The normalized spacial score (nSPS) is 27.6. The second-order valence-corrected chi connectivity index (χ2v) is 5.23. The molecule has 0 radical (unpaired) electrons. The van der Waals surface area contributed by atoms with Crippen molar-refractivity contribution in [2.45, 2.75) is 63.1 Å². The molecule has 3 heteroatoms. The van der Waals surface area contributed by atoms with Gasteiger partial charge in [-0.3, -0.25) is 0 Å². The van der Waals surface area contributed by atoms with Gasteiger partial charge in [-0.05, 0) is 25.7 Å². The summed E-state index contributed by atoms with van der Waals surface area (Å²) in [5.74, 6) is 0. The first kappa shape index (κ1) is 12.3. The molecule has 0 bridgehead atoms. The van der Waals surface area contributed by atoms with Crippen LogP contribution in [0.25, 0.3) is 0 Å². The van der Waals surface area contributed by atoms with E-state index in [1.54, 1.807) is 0 Å². The van der Waals surface area contributed by atoms with Crippen LogP contribution in [0.4, 0.5) is 0 Å². The zero-order valence-electron chi connectivity index (χ0n) is 10.2. The lowest BCUT2D eigenvalue weighted by molar-refractivity contribution is -0.127. The number of ether oxygens (including phenoxy) is 2. The molecule has 3 nitrogen and oxygen atoms in total. The Hall–Kier alpha value is -0.120. The van der Waals surface area contributed by atoms with Crippen molar-refractivity contribution in [3.05, 3.63) is 0 Å². The maximum absolute atomic E-state index is 6.34. The van der Waals surface area contributed by atoms with E-state index in [1.807, 2.05) is 0 Å². The molecule has 0 amide bonds. The van der Waals surface area contributed by atoms with Crippen LogP contribution < -0.4 is 5.73 Å². The van der Waals surface area contributed by atoms with E-state index in [1.165, 1.54) is 25.7 Å². The van der Waals surface area contributed by atoms with Crippen LogP contribution >= 0.6 is 0 Å². The molecule has 94 valence electrons. The SMILES string of the molecule is NCC1(OC2CCOCC2)CCCCCC1. The Morgan fingerprint density at radius 1 is 1.06 bits per heavy atom. The average Bonchev–Trinajstić information content (AvgIpc) is 2.57. The number of hydrogen-bond acceptors (Lipinski definition) is 3. The highest BCUT2D eigenvalue weighted by atomic mass is 16.5. The minimum absolute atomic E-state index is 0.0154. The van der Waals surface area contributed by atoms with E-state index in [9.17, 15) is 0 Å². The largest absolute Gasteiger partial charge is 0.381 e. The Labute approximate surface area is 98.7 Å². The molecule has 2 fully saturated rings. The van der Waals surface area contributed by atoms with Crippen molar-refractivity contribution in [1.29, 1.82) is 0 Å². The molecule has 0 aromatic heterocycles. The predicted molar refractivity (Wildman–Crippen MR) is 64.4 cm³/mol. The van der Waals surface area contributed by atoms with E-state index in [-0.39, 0.29) is 5.60 Å². The highest BCUT2D eigenvalue weighted by Gasteiger charge is 2.33. The summed E-state index contributed by atoms with van der Waals surface area (Å²) in [5.41, 5.74) is 5.95. The molecular weight excluding hydrogens is 202 g/mol. The molecule has 0 atom stereocenters. The van der Waals surface area contributed by atoms with Gasteiger partial charge in [0.15, 0.2) is 0 Å². The Kier molecular flexibility index (Phi) is 4.62. The van der Waals surface area contributed by atoms with Crippen molar-refractivity contribution in [1.82, 2.24) is 0 Å². The lowest BCUT2D eigenvalue weighted by atomic mass is 9.93. The van der Waals surface area contributed by atoms with Crippen LogP contribution in [0.15, 0.2) is 0 Å². The summed E-state index contributed by atoms with van der Waals surface area (Å²) in [4.78, 5) is 0. The molecule has 1 saturated carbocycles. The van der Waals surface area contributed by atoms with E-state index >= 15 is 0 Å². The maximum atomic E-state index is 6.34. The van der Waals surface area contributed by atoms with E-state index in [4.69, 9.17) is 15.2 Å². The van der Waals surface area contributed by atoms with Gasteiger partial charge in [-0.2, -0.15) is 0 Å². The van der Waals surface area contributed by atoms with Crippen molar-refractivity contribution in [3.63, 3.8) is 0 Å². The van der Waals surface area contributed by atoms with E-state index in [2.05, 4.69) is 0 Å². The zero-order chi connectivity index (χ0) is 11.3. The fourth-order valence-electron chi connectivity index (χ4n) is 2.89. The standard InChI is InChI=1S/C13H25NO2/c14-11-13(7-3-1-2-4-8-13)16-12-5-9-15-10-6-12/h12H,1-11,14H2. The molecular formula is C13H25NO2. The Bertz CT molecular complexity index is 194. The molecule has 0 spiro atoms. The van der Waals surface area contributed by atoms with Gasteiger partial charge < -0.3 is 15.2 Å². The third-order valence-corrected chi connectivity index (χ3v) is 3.97. The van der Waals surface area contributed by atoms with Crippen molar-refractivity contribution in [2.75, 3.05) is 19.8 Å². The van der Waals surface area contributed by atoms with Gasteiger partial charge in [-0.15, -0.1) is 0 Å². The highest BCUT2D eigenvalue weighted by molar-refractivity contribution is 4.86. The summed E-state index contributed by atoms with van der Waals surface area (Å²) >= 11 is 0. The molecule has 1 aliphatic heterocycles. The number of nitrogens with two attached hydrogens (primary N) is 1. The fourth-order valence-corrected chi connectivity index (χ4v) is 2.89. The third kappa shape index (κ3) is 3.19. The van der Waals surface area contributed by atoms with Crippen LogP contribution in [-0.4, -0.2) is 31.5 Å². The Balaban J connectivity index is 1.90. The van der Waals surface area contributed by atoms with Crippen molar-refractivity contribution >= 4 is 0 Å². The number of rotatable bonds is 3. The summed E-state index contributed by atoms with van der Waals surface area (Å²) in [7, 11) is 0. The van der Waals surface area contributed by atoms with Crippen LogP contribution in [0.1, 0.15) is 51.4 Å². The third-order valence-electron chi connectivity index (χ3n) is 3.97. The minimum atomic E-state index is -0.0154. The van der Waals surface area contributed by atoms with Crippen LogP contribution in [0, 0.1) is 0 Å². The van der Waals surface area contributed by atoms with Crippen molar-refractivity contribution in [3.8, 4) is 0 Å². The first-order valence-electron chi connectivity index (χ1n) is 6.80. The monoisotopic (exact) mass is 227 g/mol. The smallest absolute Gasteiger partial charge is 0.0807 e.